The van der Waals surface area contributed by atoms with Crippen molar-refractivity contribution in [2.75, 3.05) is 0 Å². The van der Waals surface area contributed by atoms with Crippen molar-refractivity contribution in [1.29, 1.82) is 0 Å². The molecule has 2 heterocycles. The number of aromatic nitrogens is 3. The standard InChI is InChI=1S/C9H10ClN3O2S2/c1-6(2)13-8(7-3-4-16-5-7)11-12-9(13)17(10,14)15/h3-6H,1-2H3. The van der Waals surface area contributed by atoms with Crippen LogP contribution in [0.5, 0.6) is 0 Å². The first kappa shape index (κ1) is 12.5. The molecule has 5 nitrogen and oxygen atoms in total. The summed E-state index contributed by atoms with van der Waals surface area (Å²) in [6, 6.07) is 1.77. The van der Waals surface area contributed by atoms with Crippen molar-refractivity contribution in [1.82, 2.24) is 14.8 Å². The molecule has 0 amide bonds. The summed E-state index contributed by atoms with van der Waals surface area (Å²) < 4.78 is 24.3. The largest absolute Gasteiger partial charge is 0.296 e. The van der Waals surface area contributed by atoms with Gasteiger partial charge in [-0.3, -0.25) is 4.57 Å². The van der Waals surface area contributed by atoms with E-state index in [9.17, 15) is 8.42 Å². The summed E-state index contributed by atoms with van der Waals surface area (Å²) in [4.78, 5) is 0. The average molecular weight is 292 g/mol. The molecule has 2 aromatic heterocycles. The van der Waals surface area contributed by atoms with Crippen molar-refractivity contribution in [2.24, 2.45) is 0 Å². The van der Waals surface area contributed by atoms with Crippen LogP contribution in [0.15, 0.2) is 22.0 Å². The van der Waals surface area contributed by atoms with Gasteiger partial charge in [0.2, 0.25) is 0 Å². The van der Waals surface area contributed by atoms with Crippen LogP contribution in [0.1, 0.15) is 19.9 Å². The van der Waals surface area contributed by atoms with Crippen LogP contribution in [0.4, 0.5) is 0 Å². The van der Waals surface area contributed by atoms with Gasteiger partial charge in [0, 0.05) is 27.7 Å². The monoisotopic (exact) mass is 291 g/mol. The second-order valence-corrected chi connectivity index (χ2v) is 6.96. The topological polar surface area (TPSA) is 64.8 Å². The van der Waals surface area contributed by atoms with Crippen molar-refractivity contribution in [2.45, 2.75) is 25.0 Å². The molecule has 8 heteroatoms. The van der Waals surface area contributed by atoms with E-state index in [1.54, 1.807) is 0 Å². The Morgan fingerprint density at radius 1 is 1.41 bits per heavy atom. The second kappa shape index (κ2) is 4.40. The van der Waals surface area contributed by atoms with Gasteiger partial charge in [0.1, 0.15) is 0 Å². The van der Waals surface area contributed by atoms with Crippen molar-refractivity contribution in [3.05, 3.63) is 16.8 Å². The zero-order chi connectivity index (χ0) is 12.6. The van der Waals surface area contributed by atoms with E-state index < -0.39 is 9.05 Å². The van der Waals surface area contributed by atoms with E-state index >= 15 is 0 Å². The Bertz CT molecular complexity index is 617. The molecule has 0 spiro atoms. The molecule has 0 aliphatic carbocycles. The maximum Gasteiger partial charge on any atom is 0.296 e. The van der Waals surface area contributed by atoms with E-state index in [0.717, 1.165) is 5.56 Å². The van der Waals surface area contributed by atoms with Gasteiger partial charge in [-0.2, -0.15) is 11.3 Å². The molecule has 0 bridgehead atoms. The van der Waals surface area contributed by atoms with Gasteiger partial charge in [0.25, 0.3) is 14.2 Å². The molecule has 92 valence electrons. The maximum absolute atomic E-state index is 11.4. The lowest BCUT2D eigenvalue weighted by molar-refractivity contribution is 0.530. The van der Waals surface area contributed by atoms with Crippen LogP contribution in [0.3, 0.4) is 0 Å². The Morgan fingerprint density at radius 3 is 2.59 bits per heavy atom. The molecular formula is C9H10ClN3O2S2. The summed E-state index contributed by atoms with van der Waals surface area (Å²) in [5, 5.41) is 11.1. The van der Waals surface area contributed by atoms with E-state index in [2.05, 4.69) is 10.2 Å². The molecule has 2 aromatic rings. The highest BCUT2D eigenvalue weighted by atomic mass is 35.7. The van der Waals surface area contributed by atoms with Crippen LogP contribution >= 0.6 is 22.0 Å². The Balaban J connectivity index is 2.68. The predicted molar refractivity (Wildman–Crippen MR) is 66.8 cm³/mol. The molecule has 0 unspecified atom stereocenters. The first-order valence-corrected chi connectivity index (χ1v) is 8.08. The smallest absolute Gasteiger partial charge is 0.294 e. The fraction of sp³-hybridized carbons (Fsp3) is 0.333. The van der Waals surface area contributed by atoms with Gasteiger partial charge in [-0.15, -0.1) is 10.2 Å². The zero-order valence-electron chi connectivity index (χ0n) is 9.16. The Morgan fingerprint density at radius 2 is 2.12 bits per heavy atom. The van der Waals surface area contributed by atoms with E-state index in [1.165, 1.54) is 15.9 Å². The second-order valence-electron chi connectivity index (χ2n) is 3.72. The summed E-state index contributed by atoms with van der Waals surface area (Å²) in [5.41, 5.74) is 0.836. The molecule has 0 aliphatic rings. The van der Waals surface area contributed by atoms with Gasteiger partial charge in [-0.25, -0.2) is 8.42 Å². The average Bonchev–Trinajstić information content (AvgIpc) is 2.84. The van der Waals surface area contributed by atoms with Crippen LogP contribution in [0, 0.1) is 0 Å². The maximum atomic E-state index is 11.4. The molecule has 0 N–H and O–H groups in total. The minimum Gasteiger partial charge on any atom is -0.294 e. The lowest BCUT2D eigenvalue weighted by Gasteiger charge is -2.11. The normalized spacial score (nSPS) is 12.2. The molecule has 2 rings (SSSR count). The molecule has 0 radical (unpaired) electrons. The number of hydrogen-bond acceptors (Lipinski definition) is 5. The van der Waals surface area contributed by atoms with E-state index in [-0.39, 0.29) is 11.2 Å². The highest BCUT2D eigenvalue weighted by Crippen LogP contribution is 2.27. The highest BCUT2D eigenvalue weighted by Gasteiger charge is 2.24. The van der Waals surface area contributed by atoms with Gasteiger partial charge in [-0.05, 0) is 25.3 Å². The molecular weight excluding hydrogens is 282 g/mol. The van der Waals surface area contributed by atoms with Crippen molar-refractivity contribution < 1.29 is 8.42 Å². The van der Waals surface area contributed by atoms with Crippen molar-refractivity contribution >= 4 is 31.1 Å². The van der Waals surface area contributed by atoms with E-state index in [1.807, 2.05) is 30.7 Å². The van der Waals surface area contributed by atoms with Crippen LogP contribution in [-0.4, -0.2) is 23.2 Å². The Labute approximate surface area is 107 Å². The van der Waals surface area contributed by atoms with Crippen molar-refractivity contribution in [3.8, 4) is 11.4 Å². The first-order chi connectivity index (χ1) is 7.91. The third-order valence-corrected chi connectivity index (χ3v) is 3.99. The molecule has 0 atom stereocenters. The number of nitrogens with zero attached hydrogens (tertiary/aromatic N) is 3. The summed E-state index contributed by atoms with van der Waals surface area (Å²) in [6.45, 7) is 3.70. The van der Waals surface area contributed by atoms with Crippen molar-refractivity contribution in [3.63, 3.8) is 0 Å². The summed E-state index contributed by atoms with van der Waals surface area (Å²) in [7, 11) is 1.45. The van der Waals surface area contributed by atoms with Crippen LogP contribution < -0.4 is 0 Å². The predicted octanol–water partition coefficient (Wildman–Crippen LogP) is 2.52. The fourth-order valence-corrected chi connectivity index (χ4v) is 3.12. The zero-order valence-corrected chi connectivity index (χ0v) is 11.6. The third-order valence-electron chi connectivity index (χ3n) is 2.18. The van der Waals surface area contributed by atoms with E-state index in [0.29, 0.717) is 5.82 Å². The highest BCUT2D eigenvalue weighted by molar-refractivity contribution is 8.13. The molecule has 0 aliphatic heterocycles. The van der Waals surface area contributed by atoms with Gasteiger partial charge in [0.05, 0.1) is 0 Å². The third kappa shape index (κ3) is 2.36. The number of thiophene rings is 1. The minimum atomic E-state index is -3.88. The Kier molecular flexibility index (Phi) is 3.24. The van der Waals surface area contributed by atoms with Crippen LogP contribution in [-0.2, 0) is 9.05 Å². The number of rotatable bonds is 3. The summed E-state index contributed by atoms with van der Waals surface area (Å²) >= 11 is 1.51. The Hall–Kier alpha value is -0.920. The minimum absolute atomic E-state index is 0.0941. The van der Waals surface area contributed by atoms with Gasteiger partial charge >= 0.3 is 0 Å². The molecule has 0 fully saturated rings. The van der Waals surface area contributed by atoms with Gasteiger partial charge in [-0.1, -0.05) is 0 Å². The van der Waals surface area contributed by atoms with Gasteiger partial charge in [0.15, 0.2) is 5.82 Å². The van der Waals surface area contributed by atoms with E-state index in [4.69, 9.17) is 10.7 Å². The fourth-order valence-electron chi connectivity index (χ4n) is 1.50. The SMILES string of the molecule is CC(C)n1c(-c2ccsc2)nnc1S(=O)(=O)Cl. The number of hydrogen-bond donors (Lipinski definition) is 0. The quantitative estimate of drug-likeness (QED) is 0.815. The number of halogens is 1. The molecule has 0 aromatic carbocycles. The van der Waals surface area contributed by atoms with Crippen LogP contribution in [0.2, 0.25) is 0 Å². The molecule has 0 saturated heterocycles. The lowest BCUT2D eigenvalue weighted by Crippen LogP contribution is -2.09. The first-order valence-electron chi connectivity index (χ1n) is 4.83. The molecule has 17 heavy (non-hydrogen) atoms. The van der Waals surface area contributed by atoms with Crippen LogP contribution in [0.25, 0.3) is 11.4 Å². The summed E-state index contributed by atoms with van der Waals surface area (Å²) in [5.74, 6) is 0.514. The van der Waals surface area contributed by atoms with Gasteiger partial charge < -0.3 is 0 Å². The lowest BCUT2D eigenvalue weighted by atomic mass is 10.3. The molecule has 0 saturated carbocycles. The summed E-state index contributed by atoms with van der Waals surface area (Å²) in [6.07, 6.45) is 0.